The molecule has 1 saturated heterocycles. The summed E-state index contributed by atoms with van der Waals surface area (Å²) in [5.74, 6) is -1.36. The van der Waals surface area contributed by atoms with Gasteiger partial charge in [0, 0.05) is 30.0 Å². The fourth-order valence-corrected chi connectivity index (χ4v) is 6.05. The van der Waals surface area contributed by atoms with Gasteiger partial charge >= 0.3 is 12.5 Å². The molecule has 0 radical (unpaired) electrons. The van der Waals surface area contributed by atoms with Crippen LogP contribution in [0.2, 0.25) is 0 Å². The van der Waals surface area contributed by atoms with E-state index >= 15 is 0 Å². The lowest BCUT2D eigenvalue weighted by Crippen LogP contribution is -2.52. The first-order valence-corrected chi connectivity index (χ1v) is 13.9. The van der Waals surface area contributed by atoms with Crippen LogP contribution < -0.4 is 10.5 Å². The molecule has 2 fully saturated rings. The Morgan fingerprint density at radius 3 is 2.33 bits per heavy atom. The van der Waals surface area contributed by atoms with Crippen LogP contribution in [0.4, 0.5) is 22.4 Å². The van der Waals surface area contributed by atoms with Crippen LogP contribution in [0.3, 0.4) is 0 Å². The lowest BCUT2D eigenvalue weighted by Gasteiger charge is -2.42. The third-order valence-electron chi connectivity index (χ3n) is 7.93. The van der Waals surface area contributed by atoms with Gasteiger partial charge in [-0.1, -0.05) is 50.2 Å². The lowest BCUT2D eigenvalue weighted by atomic mass is 9.77. The monoisotopic (exact) mass is 604 g/mol. The molecule has 2 aromatic carbocycles. The summed E-state index contributed by atoms with van der Waals surface area (Å²) in [7, 11) is 0. The Bertz CT molecular complexity index is 1480. The minimum atomic E-state index is -4.83. The lowest BCUT2D eigenvalue weighted by molar-refractivity contribution is -0.274. The molecule has 2 heterocycles. The van der Waals surface area contributed by atoms with Crippen LogP contribution in [0.5, 0.6) is 5.75 Å². The molecule has 2 aliphatic rings. The van der Waals surface area contributed by atoms with E-state index in [1.54, 1.807) is 11.0 Å². The first-order valence-electron chi connectivity index (χ1n) is 13.9. The second-order valence-electron chi connectivity index (χ2n) is 12.3. The number of carbonyl (C=O) groups is 2. The van der Waals surface area contributed by atoms with Crippen molar-refractivity contribution in [3.8, 4) is 17.1 Å². The van der Waals surface area contributed by atoms with Crippen LogP contribution in [-0.2, 0) is 9.53 Å². The smallest absolute Gasteiger partial charge is 0.445 e. The number of benzene rings is 2. The maximum Gasteiger partial charge on any atom is 0.573 e. The maximum atomic E-state index is 14.2. The predicted molar refractivity (Wildman–Crippen MR) is 145 cm³/mol. The fourth-order valence-electron chi connectivity index (χ4n) is 6.05. The number of likely N-dealkylation sites (tertiary alicyclic amines) is 1. The number of nitrogens with zero attached hydrogens (tertiary/aromatic N) is 3. The van der Waals surface area contributed by atoms with Gasteiger partial charge < -0.3 is 24.6 Å². The van der Waals surface area contributed by atoms with Gasteiger partial charge in [-0.3, -0.25) is 4.79 Å². The number of halogens is 4. The summed E-state index contributed by atoms with van der Waals surface area (Å²) >= 11 is 0. The summed E-state index contributed by atoms with van der Waals surface area (Å²) in [6.07, 6.45) is -5.12. The quantitative estimate of drug-likeness (QED) is 0.321. The summed E-state index contributed by atoms with van der Waals surface area (Å²) in [6, 6.07) is 11.3. The highest BCUT2D eigenvalue weighted by Gasteiger charge is 2.62. The molecule has 43 heavy (non-hydrogen) atoms. The van der Waals surface area contributed by atoms with Gasteiger partial charge in [0.2, 0.25) is 17.6 Å². The van der Waals surface area contributed by atoms with Crippen molar-refractivity contribution < 1.29 is 41.1 Å². The summed E-state index contributed by atoms with van der Waals surface area (Å²) in [5, 5.41) is 4.02. The molecule has 3 unspecified atom stereocenters. The topological polar surface area (TPSA) is 121 Å². The molecule has 3 aromatic rings. The van der Waals surface area contributed by atoms with Gasteiger partial charge in [0.25, 0.3) is 0 Å². The van der Waals surface area contributed by atoms with Gasteiger partial charge in [0.15, 0.2) is 0 Å². The summed E-state index contributed by atoms with van der Waals surface area (Å²) in [6.45, 7) is 6.08. The third kappa shape index (κ3) is 6.75. The molecule has 230 valence electrons. The van der Waals surface area contributed by atoms with Crippen LogP contribution in [-0.4, -0.2) is 52.6 Å². The minimum absolute atomic E-state index is 0.185. The van der Waals surface area contributed by atoms with E-state index in [0.29, 0.717) is 30.4 Å². The Balaban J connectivity index is 1.46. The number of carbonyl (C=O) groups excluding carboxylic acids is 2. The van der Waals surface area contributed by atoms with Crippen LogP contribution in [0.15, 0.2) is 53.1 Å². The Morgan fingerprint density at radius 1 is 1.07 bits per heavy atom. The van der Waals surface area contributed by atoms with Crippen LogP contribution in [0.25, 0.3) is 11.4 Å². The largest absolute Gasteiger partial charge is 0.573 e. The highest BCUT2D eigenvalue weighted by Crippen LogP contribution is 2.56. The van der Waals surface area contributed by atoms with E-state index in [0.717, 1.165) is 0 Å². The Hall–Kier alpha value is -4.16. The van der Waals surface area contributed by atoms with Gasteiger partial charge in [0.1, 0.15) is 17.7 Å². The highest BCUT2D eigenvalue weighted by molar-refractivity contribution is 5.87. The van der Waals surface area contributed by atoms with Crippen molar-refractivity contribution in [1.29, 1.82) is 0 Å². The number of amides is 2. The molecule has 3 atom stereocenters. The number of primary amides is 1. The van der Waals surface area contributed by atoms with Gasteiger partial charge in [-0.15, -0.1) is 13.2 Å². The number of piperidine rings is 1. The molecule has 2 amide bonds. The Labute approximate surface area is 245 Å². The highest BCUT2D eigenvalue weighted by atomic mass is 19.4. The zero-order valence-corrected chi connectivity index (χ0v) is 23.9. The summed E-state index contributed by atoms with van der Waals surface area (Å²) in [4.78, 5) is 32.2. The maximum absolute atomic E-state index is 14.2. The second kappa shape index (κ2) is 11.2. The van der Waals surface area contributed by atoms with E-state index in [9.17, 15) is 27.2 Å². The molecule has 1 aliphatic carbocycles. The number of hydrogen-bond acceptors (Lipinski definition) is 7. The number of rotatable bonds is 7. The van der Waals surface area contributed by atoms with Gasteiger partial charge in [-0.2, -0.15) is 4.98 Å². The molecule has 1 aliphatic heterocycles. The summed E-state index contributed by atoms with van der Waals surface area (Å²) in [5.41, 5.74) is 4.94. The molecular formula is C30H32F4N4O5. The zero-order chi connectivity index (χ0) is 31.2. The number of aromatic nitrogens is 2. The fraction of sp³-hybridized carbons (Fsp3) is 0.467. The third-order valence-corrected chi connectivity index (χ3v) is 7.93. The molecular weight excluding hydrogens is 572 g/mol. The summed E-state index contributed by atoms with van der Waals surface area (Å²) < 4.78 is 67.1. The zero-order valence-electron chi connectivity index (χ0n) is 23.9. The molecule has 13 heteroatoms. The molecule has 5 rings (SSSR count). The van der Waals surface area contributed by atoms with Crippen LogP contribution >= 0.6 is 0 Å². The van der Waals surface area contributed by atoms with Crippen molar-refractivity contribution in [1.82, 2.24) is 15.0 Å². The van der Waals surface area contributed by atoms with E-state index in [2.05, 4.69) is 14.9 Å². The molecule has 2 N–H and O–H groups in total. The Kier molecular flexibility index (Phi) is 7.86. The number of hydrogen-bond donors (Lipinski definition) is 1. The van der Waals surface area contributed by atoms with E-state index in [-0.39, 0.29) is 42.4 Å². The molecule has 1 aromatic heterocycles. The molecule has 1 saturated carbocycles. The van der Waals surface area contributed by atoms with E-state index < -0.39 is 41.1 Å². The number of nitrogens with two attached hydrogens (primary N) is 1. The van der Waals surface area contributed by atoms with Gasteiger partial charge in [0.05, 0.1) is 11.3 Å². The van der Waals surface area contributed by atoms with Crippen molar-refractivity contribution in [3.63, 3.8) is 0 Å². The van der Waals surface area contributed by atoms with Crippen molar-refractivity contribution >= 4 is 12.0 Å². The average molecular weight is 605 g/mol. The van der Waals surface area contributed by atoms with Crippen molar-refractivity contribution in [2.24, 2.45) is 16.6 Å². The van der Waals surface area contributed by atoms with E-state index in [1.165, 1.54) is 42.5 Å². The van der Waals surface area contributed by atoms with Crippen molar-refractivity contribution in [2.45, 2.75) is 64.3 Å². The van der Waals surface area contributed by atoms with Crippen LogP contribution in [0, 0.1) is 16.6 Å². The van der Waals surface area contributed by atoms with Gasteiger partial charge in [-0.05, 0) is 49.1 Å². The molecule has 0 bridgehead atoms. The second-order valence-corrected chi connectivity index (χ2v) is 12.3. The Morgan fingerprint density at radius 2 is 1.74 bits per heavy atom. The minimum Gasteiger partial charge on any atom is -0.445 e. The van der Waals surface area contributed by atoms with Crippen molar-refractivity contribution in [2.75, 3.05) is 13.1 Å². The normalized spacial score (nSPS) is 20.8. The van der Waals surface area contributed by atoms with E-state index in [1.807, 2.05) is 20.8 Å². The predicted octanol–water partition coefficient (Wildman–Crippen LogP) is 6.16. The van der Waals surface area contributed by atoms with Crippen LogP contribution in [0.1, 0.15) is 63.3 Å². The number of ether oxygens (including phenoxy) is 2. The van der Waals surface area contributed by atoms with Gasteiger partial charge in [-0.25, -0.2) is 9.18 Å². The standard InChI is InChI=1S/C30H32F4N4O5/c1-28(2,3)25(41-27(35)40)29(11-12-29)26(39)38-15-19(17-7-9-22(10-8-17)42-30(32,33)34)13-20(16-38)24-36-23(37-43-24)18-5-4-6-21(31)14-18/h4-10,14,19-20,25H,11-13,15-16H2,1-3H3,(H2,35,40). The molecule has 9 nitrogen and oxygen atoms in total. The first kappa shape index (κ1) is 30.3. The van der Waals surface area contributed by atoms with E-state index in [4.69, 9.17) is 15.0 Å². The average Bonchev–Trinajstić information content (AvgIpc) is 3.57. The van der Waals surface area contributed by atoms with Crippen molar-refractivity contribution in [3.05, 3.63) is 65.8 Å². The first-order chi connectivity index (χ1) is 20.1. The SMILES string of the molecule is CC(C)(C)C(OC(N)=O)C1(C(=O)N2CC(c3ccc(OC(F)(F)F)cc3)CC(c3nc(-c4cccc(F)c4)no3)C2)CC1. The number of alkyl halides is 3. The molecule has 0 spiro atoms.